The van der Waals surface area contributed by atoms with Crippen molar-refractivity contribution in [2.45, 2.75) is 38.2 Å². The van der Waals surface area contributed by atoms with Crippen LogP contribution >= 0.6 is 0 Å². The normalized spacial score (nSPS) is 28.8. The van der Waals surface area contributed by atoms with Crippen molar-refractivity contribution in [2.75, 3.05) is 26.2 Å². The standard InChI is InChI=1S/C12H21NO.2C2H2O4/c1-2-12(14-7-1)8-11-9-13-5-3-10(11)4-6-13;2*3-1(4)2(5)6/h10-12H,1-9H2;2*(H,3,4)(H,5,6). The van der Waals surface area contributed by atoms with Crippen molar-refractivity contribution >= 4 is 23.9 Å². The third kappa shape index (κ3) is 7.79. The Kier molecular flexibility index (Phi) is 9.00. The number of hydrogen-bond donors (Lipinski definition) is 4. The molecule has 2 bridgehead atoms. The first kappa shape index (κ1) is 21.8. The van der Waals surface area contributed by atoms with Crippen LogP contribution in [0.4, 0.5) is 0 Å². The average molecular weight is 375 g/mol. The van der Waals surface area contributed by atoms with Gasteiger partial charge in [-0.25, -0.2) is 19.2 Å². The summed E-state index contributed by atoms with van der Waals surface area (Å²) < 4.78 is 5.74. The van der Waals surface area contributed by atoms with E-state index in [0.29, 0.717) is 6.10 Å². The molecule has 2 atom stereocenters. The molecule has 4 rings (SSSR count). The van der Waals surface area contributed by atoms with E-state index in [1.807, 2.05) is 0 Å². The molecular weight excluding hydrogens is 350 g/mol. The lowest BCUT2D eigenvalue weighted by Crippen LogP contribution is -2.48. The molecule has 4 aliphatic heterocycles. The van der Waals surface area contributed by atoms with E-state index in [4.69, 9.17) is 44.3 Å². The van der Waals surface area contributed by atoms with E-state index < -0.39 is 23.9 Å². The zero-order valence-electron chi connectivity index (χ0n) is 14.4. The van der Waals surface area contributed by atoms with Crippen molar-refractivity contribution in [3.63, 3.8) is 0 Å². The third-order valence-electron chi connectivity index (χ3n) is 4.75. The van der Waals surface area contributed by atoms with Crippen molar-refractivity contribution in [3.05, 3.63) is 0 Å². The van der Waals surface area contributed by atoms with Gasteiger partial charge in [-0.2, -0.15) is 0 Å². The van der Waals surface area contributed by atoms with E-state index in [9.17, 15) is 0 Å². The lowest BCUT2D eigenvalue weighted by molar-refractivity contribution is -0.159. The predicted molar refractivity (Wildman–Crippen MR) is 86.8 cm³/mol. The Morgan fingerprint density at radius 1 is 0.846 bits per heavy atom. The van der Waals surface area contributed by atoms with Crippen molar-refractivity contribution < 1.29 is 44.3 Å². The lowest BCUT2D eigenvalue weighted by atomic mass is 9.76. The molecule has 26 heavy (non-hydrogen) atoms. The Labute approximate surface area is 150 Å². The number of hydrogen-bond acceptors (Lipinski definition) is 6. The van der Waals surface area contributed by atoms with E-state index in [0.717, 1.165) is 18.4 Å². The van der Waals surface area contributed by atoms with Crippen LogP contribution in [-0.4, -0.2) is 81.5 Å². The SMILES string of the molecule is C1COC(CC2CN3CCC2CC3)C1.O=C(O)C(=O)O.O=C(O)C(=O)O. The number of fused-ring (bicyclic) bond motifs is 3. The summed E-state index contributed by atoms with van der Waals surface area (Å²) in [5, 5.41) is 29.6. The molecule has 0 aromatic heterocycles. The number of carboxylic acid groups (broad SMARTS) is 4. The topological polar surface area (TPSA) is 162 Å². The van der Waals surface area contributed by atoms with Gasteiger partial charge in [-0.1, -0.05) is 0 Å². The quantitative estimate of drug-likeness (QED) is 0.491. The fraction of sp³-hybridized carbons (Fsp3) is 0.750. The zero-order chi connectivity index (χ0) is 19.7. The number of rotatable bonds is 2. The maximum Gasteiger partial charge on any atom is 0.414 e. The van der Waals surface area contributed by atoms with Crippen LogP contribution in [0.3, 0.4) is 0 Å². The predicted octanol–water partition coefficient (Wildman–Crippen LogP) is 0.209. The van der Waals surface area contributed by atoms with Crippen LogP contribution in [0.2, 0.25) is 0 Å². The second-order valence-corrected chi connectivity index (χ2v) is 6.49. The number of piperidine rings is 3. The summed E-state index contributed by atoms with van der Waals surface area (Å²) in [6.45, 7) is 5.12. The van der Waals surface area contributed by atoms with Gasteiger partial charge >= 0.3 is 23.9 Å². The van der Waals surface area contributed by atoms with Gasteiger partial charge in [0.25, 0.3) is 0 Å². The monoisotopic (exact) mass is 375 g/mol. The number of aliphatic carboxylic acids is 4. The highest BCUT2D eigenvalue weighted by Crippen LogP contribution is 2.36. The molecular formula is C16H25NO9. The number of carboxylic acids is 4. The molecule has 148 valence electrons. The van der Waals surface area contributed by atoms with Crippen LogP contribution < -0.4 is 0 Å². The lowest BCUT2D eigenvalue weighted by Gasteiger charge is -2.45. The van der Waals surface area contributed by atoms with Gasteiger partial charge in [-0.3, -0.25) is 0 Å². The molecule has 0 aromatic carbocycles. The van der Waals surface area contributed by atoms with Crippen LogP contribution in [0.25, 0.3) is 0 Å². The van der Waals surface area contributed by atoms with E-state index in [1.165, 1.54) is 51.7 Å². The molecule has 4 N–H and O–H groups in total. The summed E-state index contributed by atoms with van der Waals surface area (Å²) in [5.74, 6) is -5.31. The van der Waals surface area contributed by atoms with Crippen LogP contribution in [-0.2, 0) is 23.9 Å². The van der Waals surface area contributed by atoms with Gasteiger partial charge in [0, 0.05) is 13.2 Å². The Bertz CT molecular complexity index is 460. The molecule has 10 heteroatoms. The van der Waals surface area contributed by atoms with Gasteiger partial charge in [0.05, 0.1) is 6.10 Å². The Balaban J connectivity index is 0.000000238. The number of carbonyl (C=O) groups is 4. The molecule has 4 aliphatic rings. The number of nitrogens with zero attached hydrogens (tertiary/aromatic N) is 1. The van der Waals surface area contributed by atoms with Crippen molar-refractivity contribution in [3.8, 4) is 0 Å². The smallest absolute Gasteiger partial charge is 0.414 e. The van der Waals surface area contributed by atoms with Crippen LogP contribution in [0.1, 0.15) is 32.1 Å². The van der Waals surface area contributed by atoms with Crippen LogP contribution in [0.15, 0.2) is 0 Å². The van der Waals surface area contributed by atoms with Gasteiger partial charge < -0.3 is 30.1 Å². The molecule has 4 saturated heterocycles. The summed E-state index contributed by atoms with van der Waals surface area (Å²) in [4.78, 5) is 39.1. The molecule has 4 heterocycles. The first-order valence-electron chi connectivity index (χ1n) is 8.47. The molecule has 0 aliphatic carbocycles. The van der Waals surface area contributed by atoms with E-state index in [1.54, 1.807) is 0 Å². The summed E-state index contributed by atoms with van der Waals surface area (Å²) >= 11 is 0. The Hall–Kier alpha value is -2.20. The summed E-state index contributed by atoms with van der Waals surface area (Å²) in [7, 11) is 0. The van der Waals surface area contributed by atoms with Crippen molar-refractivity contribution in [1.29, 1.82) is 0 Å². The van der Waals surface area contributed by atoms with Gasteiger partial charge in [-0.15, -0.1) is 0 Å². The minimum Gasteiger partial charge on any atom is -0.473 e. The zero-order valence-corrected chi connectivity index (χ0v) is 14.4. The highest BCUT2D eigenvalue weighted by Gasteiger charge is 2.35. The minimum atomic E-state index is -1.82. The number of ether oxygens (including phenoxy) is 1. The molecule has 0 saturated carbocycles. The van der Waals surface area contributed by atoms with E-state index >= 15 is 0 Å². The first-order chi connectivity index (χ1) is 12.2. The molecule has 10 nitrogen and oxygen atoms in total. The van der Waals surface area contributed by atoms with Crippen LogP contribution in [0, 0.1) is 11.8 Å². The van der Waals surface area contributed by atoms with E-state index in [-0.39, 0.29) is 0 Å². The molecule has 2 unspecified atom stereocenters. The Morgan fingerprint density at radius 3 is 1.65 bits per heavy atom. The first-order valence-corrected chi connectivity index (χ1v) is 8.47. The minimum absolute atomic E-state index is 0.612. The second-order valence-electron chi connectivity index (χ2n) is 6.49. The Morgan fingerprint density at radius 2 is 1.35 bits per heavy atom. The maximum absolute atomic E-state index is 9.10. The van der Waals surface area contributed by atoms with Gasteiger partial charge in [-0.05, 0) is 57.0 Å². The molecule has 4 fully saturated rings. The van der Waals surface area contributed by atoms with Gasteiger partial charge in [0.2, 0.25) is 0 Å². The largest absolute Gasteiger partial charge is 0.473 e. The van der Waals surface area contributed by atoms with E-state index in [2.05, 4.69) is 4.90 Å². The van der Waals surface area contributed by atoms with Gasteiger partial charge in [0.1, 0.15) is 0 Å². The molecule has 0 spiro atoms. The highest BCUT2D eigenvalue weighted by molar-refractivity contribution is 6.27. The molecule has 0 radical (unpaired) electrons. The van der Waals surface area contributed by atoms with Crippen LogP contribution in [0.5, 0.6) is 0 Å². The summed E-state index contributed by atoms with van der Waals surface area (Å²) in [5.41, 5.74) is 0. The second kappa shape index (κ2) is 10.7. The third-order valence-corrected chi connectivity index (χ3v) is 4.75. The fourth-order valence-electron chi connectivity index (χ4n) is 3.52. The van der Waals surface area contributed by atoms with Crippen molar-refractivity contribution in [2.24, 2.45) is 11.8 Å². The van der Waals surface area contributed by atoms with Crippen molar-refractivity contribution in [1.82, 2.24) is 4.90 Å². The maximum atomic E-state index is 9.10. The van der Waals surface area contributed by atoms with Gasteiger partial charge in [0.15, 0.2) is 0 Å². The summed E-state index contributed by atoms with van der Waals surface area (Å²) in [6, 6.07) is 0. The average Bonchev–Trinajstić information content (AvgIpc) is 3.10. The summed E-state index contributed by atoms with van der Waals surface area (Å²) in [6.07, 6.45) is 7.49. The molecule has 0 amide bonds. The fourth-order valence-corrected chi connectivity index (χ4v) is 3.52. The molecule has 0 aromatic rings. The highest BCUT2D eigenvalue weighted by atomic mass is 16.5.